The highest BCUT2D eigenvalue weighted by molar-refractivity contribution is 7.11. The SMILES string of the molecule is CCc1cnc(CNCc2cccc3ccccc23)s1. The second-order valence-corrected chi connectivity index (χ2v) is 6.02. The predicted molar refractivity (Wildman–Crippen MR) is 86.0 cm³/mol. The zero-order chi connectivity index (χ0) is 13.8. The van der Waals surface area contributed by atoms with Crippen LogP contribution in [-0.4, -0.2) is 4.98 Å². The molecular formula is C17H18N2S. The van der Waals surface area contributed by atoms with Crippen molar-refractivity contribution in [1.29, 1.82) is 0 Å². The molecule has 0 radical (unpaired) electrons. The van der Waals surface area contributed by atoms with Crippen LogP contribution in [0.1, 0.15) is 22.4 Å². The Morgan fingerprint density at radius 2 is 1.90 bits per heavy atom. The largest absolute Gasteiger partial charge is 0.306 e. The minimum absolute atomic E-state index is 0.841. The van der Waals surface area contributed by atoms with E-state index in [1.807, 2.05) is 6.20 Å². The maximum atomic E-state index is 4.44. The van der Waals surface area contributed by atoms with Crippen LogP contribution >= 0.6 is 11.3 Å². The minimum Gasteiger partial charge on any atom is -0.306 e. The monoisotopic (exact) mass is 282 g/mol. The third kappa shape index (κ3) is 2.89. The van der Waals surface area contributed by atoms with Crippen molar-refractivity contribution in [2.45, 2.75) is 26.4 Å². The maximum Gasteiger partial charge on any atom is 0.107 e. The fraction of sp³-hybridized carbons (Fsp3) is 0.235. The van der Waals surface area contributed by atoms with Crippen molar-refractivity contribution >= 4 is 22.1 Å². The van der Waals surface area contributed by atoms with Gasteiger partial charge in [-0.2, -0.15) is 0 Å². The smallest absolute Gasteiger partial charge is 0.107 e. The lowest BCUT2D eigenvalue weighted by molar-refractivity contribution is 0.693. The molecule has 3 rings (SSSR count). The van der Waals surface area contributed by atoms with Gasteiger partial charge in [0.2, 0.25) is 0 Å². The van der Waals surface area contributed by atoms with E-state index in [1.54, 1.807) is 11.3 Å². The summed E-state index contributed by atoms with van der Waals surface area (Å²) >= 11 is 1.80. The summed E-state index contributed by atoms with van der Waals surface area (Å²) in [6.45, 7) is 3.89. The lowest BCUT2D eigenvalue weighted by Gasteiger charge is -2.07. The van der Waals surface area contributed by atoms with Crippen molar-refractivity contribution in [3.63, 3.8) is 0 Å². The number of aromatic nitrogens is 1. The second kappa shape index (κ2) is 6.16. The zero-order valence-corrected chi connectivity index (χ0v) is 12.4. The molecule has 0 aliphatic rings. The summed E-state index contributed by atoms with van der Waals surface area (Å²) in [6, 6.07) is 15.0. The molecule has 3 aromatic rings. The van der Waals surface area contributed by atoms with Crippen molar-refractivity contribution in [3.8, 4) is 0 Å². The van der Waals surface area contributed by atoms with Gasteiger partial charge in [0.15, 0.2) is 0 Å². The third-order valence-electron chi connectivity index (χ3n) is 3.42. The number of rotatable bonds is 5. The first-order valence-corrected chi connectivity index (χ1v) is 7.79. The molecule has 0 saturated heterocycles. The molecule has 0 aliphatic carbocycles. The second-order valence-electron chi connectivity index (χ2n) is 4.82. The van der Waals surface area contributed by atoms with Crippen LogP contribution in [-0.2, 0) is 19.5 Å². The van der Waals surface area contributed by atoms with Gasteiger partial charge in [-0.25, -0.2) is 4.98 Å². The Labute approximate surface area is 123 Å². The Kier molecular flexibility index (Phi) is 4.09. The summed E-state index contributed by atoms with van der Waals surface area (Å²) in [4.78, 5) is 5.79. The molecule has 1 heterocycles. The van der Waals surface area contributed by atoms with Crippen LogP contribution in [0.25, 0.3) is 10.8 Å². The van der Waals surface area contributed by atoms with E-state index < -0.39 is 0 Å². The van der Waals surface area contributed by atoms with Crippen LogP contribution in [0.3, 0.4) is 0 Å². The Bertz CT molecular complexity index is 698. The van der Waals surface area contributed by atoms with Gasteiger partial charge < -0.3 is 5.32 Å². The third-order valence-corrected chi connectivity index (χ3v) is 4.56. The molecule has 0 aliphatic heterocycles. The van der Waals surface area contributed by atoms with Crippen molar-refractivity contribution in [2.24, 2.45) is 0 Å². The molecule has 0 amide bonds. The predicted octanol–water partition coefficient (Wildman–Crippen LogP) is 4.15. The summed E-state index contributed by atoms with van der Waals surface area (Å²) in [7, 11) is 0. The molecule has 102 valence electrons. The number of thiazole rings is 1. The van der Waals surface area contributed by atoms with E-state index in [0.717, 1.165) is 19.5 Å². The Balaban J connectivity index is 1.68. The summed E-state index contributed by atoms with van der Waals surface area (Å²) in [6.07, 6.45) is 3.06. The minimum atomic E-state index is 0.841. The van der Waals surface area contributed by atoms with Crippen molar-refractivity contribution in [1.82, 2.24) is 10.3 Å². The number of fused-ring (bicyclic) bond motifs is 1. The summed E-state index contributed by atoms with van der Waals surface area (Å²) in [5, 5.41) is 7.29. The van der Waals surface area contributed by atoms with Gasteiger partial charge in [0, 0.05) is 24.2 Å². The van der Waals surface area contributed by atoms with Crippen molar-refractivity contribution in [2.75, 3.05) is 0 Å². The number of nitrogens with one attached hydrogen (secondary N) is 1. The molecule has 1 N–H and O–H groups in total. The van der Waals surface area contributed by atoms with Crippen LogP contribution in [0.4, 0.5) is 0 Å². The number of hydrogen-bond acceptors (Lipinski definition) is 3. The van der Waals surface area contributed by atoms with E-state index in [1.165, 1.54) is 26.2 Å². The molecule has 1 aromatic heterocycles. The highest BCUT2D eigenvalue weighted by Crippen LogP contribution is 2.18. The number of hydrogen-bond donors (Lipinski definition) is 1. The lowest BCUT2D eigenvalue weighted by atomic mass is 10.0. The van der Waals surface area contributed by atoms with Crippen molar-refractivity contribution < 1.29 is 0 Å². The molecule has 3 heteroatoms. The first kappa shape index (κ1) is 13.3. The van der Waals surface area contributed by atoms with Gasteiger partial charge in [-0.1, -0.05) is 49.4 Å². The Morgan fingerprint density at radius 3 is 2.75 bits per heavy atom. The topological polar surface area (TPSA) is 24.9 Å². The van der Waals surface area contributed by atoms with Gasteiger partial charge in [-0.05, 0) is 22.8 Å². The first-order valence-electron chi connectivity index (χ1n) is 6.97. The van der Waals surface area contributed by atoms with Crippen LogP contribution in [0, 0.1) is 0 Å². The molecule has 2 aromatic carbocycles. The normalized spacial score (nSPS) is 11.1. The fourth-order valence-electron chi connectivity index (χ4n) is 2.34. The van der Waals surface area contributed by atoms with E-state index in [2.05, 4.69) is 59.7 Å². The Hall–Kier alpha value is -1.71. The van der Waals surface area contributed by atoms with E-state index in [4.69, 9.17) is 0 Å². The molecule has 0 atom stereocenters. The highest BCUT2D eigenvalue weighted by Gasteiger charge is 2.02. The highest BCUT2D eigenvalue weighted by atomic mass is 32.1. The first-order chi connectivity index (χ1) is 9.86. The number of benzene rings is 2. The maximum absolute atomic E-state index is 4.44. The average Bonchev–Trinajstić information content (AvgIpc) is 2.95. The van der Waals surface area contributed by atoms with Gasteiger partial charge in [0.05, 0.1) is 0 Å². The average molecular weight is 282 g/mol. The van der Waals surface area contributed by atoms with Gasteiger partial charge in [0.25, 0.3) is 0 Å². The summed E-state index contributed by atoms with van der Waals surface area (Å²) in [5.41, 5.74) is 1.34. The molecule has 0 unspecified atom stereocenters. The van der Waals surface area contributed by atoms with Crippen LogP contribution in [0.15, 0.2) is 48.7 Å². The van der Waals surface area contributed by atoms with Gasteiger partial charge >= 0.3 is 0 Å². The molecule has 0 fully saturated rings. The summed E-state index contributed by atoms with van der Waals surface area (Å²) in [5.74, 6) is 0. The molecule has 2 nitrogen and oxygen atoms in total. The van der Waals surface area contributed by atoms with Gasteiger partial charge in [-0.3, -0.25) is 0 Å². The standard InChI is InChI=1S/C17H18N2S/c1-2-15-11-19-17(20-15)12-18-10-14-8-5-7-13-6-3-4-9-16(13)14/h3-9,11,18H,2,10,12H2,1H3. The molecule has 0 spiro atoms. The van der Waals surface area contributed by atoms with Crippen LogP contribution in [0.5, 0.6) is 0 Å². The number of aryl methyl sites for hydroxylation is 1. The van der Waals surface area contributed by atoms with E-state index >= 15 is 0 Å². The molecule has 0 saturated carbocycles. The van der Waals surface area contributed by atoms with Gasteiger partial charge in [-0.15, -0.1) is 11.3 Å². The zero-order valence-electron chi connectivity index (χ0n) is 11.6. The van der Waals surface area contributed by atoms with Crippen LogP contribution in [0.2, 0.25) is 0 Å². The quantitative estimate of drug-likeness (QED) is 0.760. The van der Waals surface area contributed by atoms with E-state index in [0.29, 0.717) is 0 Å². The fourth-order valence-corrected chi connectivity index (χ4v) is 3.18. The molecular weight excluding hydrogens is 264 g/mol. The number of nitrogens with zero attached hydrogens (tertiary/aromatic N) is 1. The van der Waals surface area contributed by atoms with Crippen molar-refractivity contribution in [3.05, 3.63) is 64.1 Å². The summed E-state index contributed by atoms with van der Waals surface area (Å²) < 4.78 is 0. The lowest BCUT2D eigenvalue weighted by Crippen LogP contribution is -2.12. The van der Waals surface area contributed by atoms with Crippen LogP contribution < -0.4 is 5.32 Å². The molecule has 20 heavy (non-hydrogen) atoms. The molecule has 0 bridgehead atoms. The Morgan fingerprint density at radius 1 is 1.05 bits per heavy atom. The van der Waals surface area contributed by atoms with E-state index in [-0.39, 0.29) is 0 Å². The van der Waals surface area contributed by atoms with E-state index in [9.17, 15) is 0 Å². The van der Waals surface area contributed by atoms with Gasteiger partial charge in [0.1, 0.15) is 5.01 Å².